The van der Waals surface area contributed by atoms with Gasteiger partial charge in [-0.2, -0.15) is 0 Å². The van der Waals surface area contributed by atoms with Gasteiger partial charge in [-0.1, -0.05) is 0 Å². The van der Waals surface area contributed by atoms with Gasteiger partial charge in [-0.15, -0.1) is 0 Å². The maximum absolute atomic E-state index is 9.44. The highest BCUT2D eigenvalue weighted by atomic mass is 31.2. The molecule has 1 aliphatic rings. The molecule has 0 spiro atoms. The topological polar surface area (TPSA) is 108 Å². The molecule has 0 bridgehead atoms. The first kappa shape index (κ1) is 13.3. The van der Waals surface area contributed by atoms with Crippen LogP contribution in [0.3, 0.4) is 0 Å². The summed E-state index contributed by atoms with van der Waals surface area (Å²) in [5, 5.41) is 6.44. The Labute approximate surface area is 77.4 Å². The van der Waals surface area contributed by atoms with E-state index in [4.69, 9.17) is 9.79 Å². The molecule has 1 saturated heterocycles. The zero-order valence-electron chi connectivity index (χ0n) is 6.95. The van der Waals surface area contributed by atoms with Crippen LogP contribution in [0.4, 0.5) is 0 Å². The first-order valence-corrected chi connectivity index (χ1v) is 6.21. The smallest absolute Gasteiger partial charge is 0.323 e. The molecule has 1 rings (SSSR count). The Morgan fingerprint density at radius 2 is 1.23 bits per heavy atom. The van der Waals surface area contributed by atoms with Crippen LogP contribution in [0.25, 0.3) is 0 Å². The second kappa shape index (κ2) is 8.84. The van der Waals surface area contributed by atoms with Crippen LogP contribution in [0.5, 0.6) is 0 Å². The highest BCUT2D eigenvalue weighted by Gasteiger charge is 1.93. The summed E-state index contributed by atoms with van der Waals surface area (Å²) < 4.78 is 22.3. The van der Waals surface area contributed by atoms with Gasteiger partial charge in [-0.05, 0) is 0 Å². The molecule has 0 aromatic rings. The molecule has 0 amide bonds. The van der Waals surface area contributed by atoms with Gasteiger partial charge in [0.2, 0.25) is 0 Å². The molecule has 80 valence electrons. The number of rotatable bonds is 2. The van der Waals surface area contributed by atoms with Crippen molar-refractivity contribution < 1.29 is 23.2 Å². The lowest BCUT2D eigenvalue weighted by Crippen LogP contribution is -2.39. The molecule has 13 heavy (non-hydrogen) atoms. The molecular weight excluding hydrogens is 218 g/mol. The van der Waals surface area contributed by atoms with Gasteiger partial charge in [0.25, 0.3) is 0 Å². The van der Waals surface area contributed by atoms with E-state index in [0.717, 1.165) is 26.2 Å². The number of hydrogen-bond donors (Lipinski definition) is 4. The van der Waals surface area contributed by atoms with Crippen LogP contribution in [0.2, 0.25) is 0 Å². The fraction of sp³-hybridized carbons (Fsp3) is 1.00. The molecule has 0 aromatic carbocycles. The summed E-state index contributed by atoms with van der Waals surface area (Å²) in [4.78, 5) is 15.4. The molecule has 1 heterocycles. The van der Waals surface area contributed by atoms with Crippen LogP contribution < -0.4 is 10.6 Å². The highest BCUT2D eigenvalue weighted by Crippen LogP contribution is 2.30. The third-order valence-electron chi connectivity index (χ3n) is 1.13. The first-order chi connectivity index (χ1) is 6.13. The maximum atomic E-state index is 9.44. The Bertz CT molecular complexity index is 150. The summed E-state index contributed by atoms with van der Waals surface area (Å²) >= 11 is 0. The highest BCUT2D eigenvalue weighted by molar-refractivity contribution is 7.46. The number of piperazine rings is 1. The van der Waals surface area contributed by atoms with Crippen molar-refractivity contribution >= 4 is 16.5 Å². The van der Waals surface area contributed by atoms with Gasteiger partial charge in [0.15, 0.2) is 0 Å². The van der Waals surface area contributed by atoms with Crippen molar-refractivity contribution in [2.75, 3.05) is 26.2 Å². The minimum absolute atomic E-state index is 1.14. The fourth-order valence-electron chi connectivity index (χ4n) is 0.678. The van der Waals surface area contributed by atoms with Crippen LogP contribution in [0.15, 0.2) is 0 Å². The molecule has 9 heteroatoms. The van der Waals surface area contributed by atoms with Crippen LogP contribution in [-0.4, -0.2) is 36.0 Å². The van der Waals surface area contributed by atoms with Crippen molar-refractivity contribution in [3.63, 3.8) is 0 Å². The van der Waals surface area contributed by atoms with Gasteiger partial charge in [0.05, 0.1) is 0 Å². The molecule has 7 nitrogen and oxygen atoms in total. The Hall–Kier alpha value is 0.260. The molecule has 4 N–H and O–H groups in total. The van der Waals surface area contributed by atoms with E-state index in [1.54, 1.807) is 0 Å². The molecular formula is C4H14N2O5P2. The van der Waals surface area contributed by atoms with E-state index in [1.165, 1.54) is 0 Å². The molecule has 1 fully saturated rings. The lowest BCUT2D eigenvalue weighted by Gasteiger charge is -2.11. The second-order valence-electron chi connectivity index (χ2n) is 2.13. The third kappa shape index (κ3) is 12.3. The Morgan fingerprint density at radius 3 is 1.31 bits per heavy atom. The Kier molecular flexibility index (Phi) is 9.02. The molecule has 2 unspecified atom stereocenters. The summed E-state index contributed by atoms with van der Waals surface area (Å²) in [5.41, 5.74) is 0. The van der Waals surface area contributed by atoms with E-state index >= 15 is 0 Å². The summed E-state index contributed by atoms with van der Waals surface area (Å²) in [6, 6.07) is 0. The van der Waals surface area contributed by atoms with Crippen LogP contribution >= 0.6 is 16.5 Å². The summed E-state index contributed by atoms with van der Waals surface area (Å²) in [7, 11) is -6.40. The van der Waals surface area contributed by atoms with Crippen LogP contribution in [0, 0.1) is 0 Å². The molecule has 2 atom stereocenters. The molecule has 1 aliphatic heterocycles. The van der Waals surface area contributed by atoms with Gasteiger partial charge in [0.1, 0.15) is 0 Å². The predicted octanol–water partition coefficient (Wildman–Crippen LogP) is -1.05. The average molecular weight is 232 g/mol. The minimum atomic E-state index is -3.20. The zero-order valence-corrected chi connectivity index (χ0v) is 8.95. The van der Waals surface area contributed by atoms with Crippen molar-refractivity contribution in [1.82, 2.24) is 10.6 Å². The Balaban J connectivity index is 0.000000223. The van der Waals surface area contributed by atoms with Gasteiger partial charge in [-0.3, -0.25) is 9.13 Å². The van der Waals surface area contributed by atoms with Crippen molar-refractivity contribution in [1.29, 1.82) is 0 Å². The van der Waals surface area contributed by atoms with Gasteiger partial charge in [0, 0.05) is 26.2 Å². The average Bonchev–Trinajstić information content (AvgIpc) is 2.06. The summed E-state index contributed by atoms with van der Waals surface area (Å²) in [6.07, 6.45) is 0. The second-order valence-corrected chi connectivity index (χ2v) is 4.01. The van der Waals surface area contributed by atoms with Crippen molar-refractivity contribution in [2.24, 2.45) is 0 Å². The summed E-state index contributed by atoms with van der Waals surface area (Å²) in [5.74, 6) is 0. The molecule has 0 radical (unpaired) electrons. The van der Waals surface area contributed by atoms with E-state index in [9.17, 15) is 9.13 Å². The Morgan fingerprint density at radius 1 is 0.923 bits per heavy atom. The van der Waals surface area contributed by atoms with Gasteiger partial charge in [-0.25, -0.2) is 4.31 Å². The largest absolute Gasteiger partial charge is 0.326 e. The standard InChI is InChI=1S/C4H10N2.H4O5P2/c1-2-6-4-3-5-1;1-6(2)5-7(3)4/h5-6H,1-4H2;6-7H,(H,1,2)(H,3,4). The molecule has 0 aromatic heterocycles. The molecule has 0 aliphatic carbocycles. The first-order valence-electron chi connectivity index (χ1n) is 3.68. The van der Waals surface area contributed by atoms with Crippen LogP contribution in [-0.2, 0) is 13.4 Å². The lowest BCUT2D eigenvalue weighted by molar-refractivity contribution is 0.371. The lowest BCUT2D eigenvalue weighted by atomic mass is 10.4. The van der Waals surface area contributed by atoms with Crippen molar-refractivity contribution in [3.8, 4) is 0 Å². The number of hydrogen-bond acceptors (Lipinski definition) is 5. The number of nitrogens with one attached hydrogen (secondary N) is 2. The fourth-order valence-corrected chi connectivity index (χ4v) is 1.28. The van der Waals surface area contributed by atoms with E-state index in [1.807, 2.05) is 0 Å². The SMILES string of the molecule is C1CNCCN1.O=[PH](O)O[PH](=O)O. The zero-order chi connectivity index (χ0) is 10.1. The minimum Gasteiger partial charge on any atom is -0.326 e. The third-order valence-corrected chi connectivity index (χ3v) is 2.53. The predicted molar refractivity (Wildman–Crippen MR) is 49.3 cm³/mol. The normalized spacial score (nSPS) is 21.1. The quantitative estimate of drug-likeness (QED) is 0.450. The van der Waals surface area contributed by atoms with Gasteiger partial charge < -0.3 is 20.4 Å². The monoisotopic (exact) mass is 232 g/mol. The van der Waals surface area contributed by atoms with Crippen molar-refractivity contribution in [2.45, 2.75) is 0 Å². The van der Waals surface area contributed by atoms with Crippen LogP contribution in [0.1, 0.15) is 0 Å². The summed E-state index contributed by atoms with van der Waals surface area (Å²) in [6.45, 7) is 4.56. The van der Waals surface area contributed by atoms with E-state index in [0.29, 0.717) is 0 Å². The van der Waals surface area contributed by atoms with E-state index in [-0.39, 0.29) is 0 Å². The van der Waals surface area contributed by atoms with E-state index in [2.05, 4.69) is 14.9 Å². The van der Waals surface area contributed by atoms with E-state index < -0.39 is 16.5 Å². The maximum Gasteiger partial charge on any atom is 0.323 e. The molecule has 0 saturated carbocycles. The van der Waals surface area contributed by atoms with Crippen molar-refractivity contribution in [3.05, 3.63) is 0 Å². The van der Waals surface area contributed by atoms with Gasteiger partial charge >= 0.3 is 16.5 Å².